The lowest BCUT2D eigenvalue weighted by molar-refractivity contribution is 0.0954. The maximum Gasteiger partial charge on any atom is 0.271 e. The van der Waals surface area contributed by atoms with Gasteiger partial charge in [0.2, 0.25) is 0 Å². The van der Waals surface area contributed by atoms with Crippen molar-refractivity contribution in [2.24, 2.45) is 11.0 Å². The maximum atomic E-state index is 12.2. The molecule has 0 saturated heterocycles. The summed E-state index contributed by atoms with van der Waals surface area (Å²) in [6, 6.07) is 11.6. The van der Waals surface area contributed by atoms with Gasteiger partial charge in [-0.2, -0.15) is 5.10 Å². The summed E-state index contributed by atoms with van der Waals surface area (Å²) in [6.07, 6.45) is 2.40. The zero-order chi connectivity index (χ0) is 18.9. The molecule has 0 aliphatic carbocycles. The number of rotatable bonds is 8. The number of hydrogen-bond donors (Lipinski definition) is 2. The molecule has 0 aliphatic rings. The number of amides is 1. The van der Waals surface area contributed by atoms with Crippen LogP contribution < -0.4 is 14.9 Å². The highest BCUT2D eigenvalue weighted by Crippen LogP contribution is 2.28. The van der Waals surface area contributed by atoms with Gasteiger partial charge in [-0.15, -0.1) is 0 Å². The van der Waals surface area contributed by atoms with E-state index in [9.17, 15) is 9.90 Å². The van der Waals surface area contributed by atoms with Gasteiger partial charge < -0.3 is 14.6 Å². The Labute approximate surface area is 153 Å². The van der Waals surface area contributed by atoms with Crippen molar-refractivity contribution >= 4 is 12.1 Å². The van der Waals surface area contributed by atoms with Gasteiger partial charge in [0, 0.05) is 5.56 Å². The first-order valence-electron chi connectivity index (χ1n) is 8.43. The zero-order valence-corrected chi connectivity index (χ0v) is 15.2. The van der Waals surface area contributed by atoms with Crippen LogP contribution in [0.25, 0.3) is 0 Å². The molecule has 26 heavy (non-hydrogen) atoms. The van der Waals surface area contributed by atoms with Crippen molar-refractivity contribution in [3.05, 3.63) is 53.6 Å². The predicted octanol–water partition coefficient (Wildman–Crippen LogP) is 3.59. The largest absolute Gasteiger partial charge is 0.508 e. The van der Waals surface area contributed by atoms with Crippen molar-refractivity contribution < 1.29 is 19.4 Å². The summed E-state index contributed by atoms with van der Waals surface area (Å²) < 4.78 is 11.0. The standard InChI is InChI=1S/C20H24N2O4/c1-14(2)9-10-26-18-8-7-16(12-19(18)25-3)20(24)22-21-13-15-5-4-6-17(23)11-15/h4-8,11-14,23H,9-10H2,1-3H3,(H,22,24)/b21-13+. The number of carbonyl (C=O) groups excluding carboxylic acids is 1. The van der Waals surface area contributed by atoms with Crippen LogP contribution in [0.5, 0.6) is 17.2 Å². The highest BCUT2D eigenvalue weighted by Gasteiger charge is 2.11. The number of phenols is 1. The monoisotopic (exact) mass is 356 g/mol. The van der Waals surface area contributed by atoms with Gasteiger partial charge in [-0.1, -0.05) is 26.0 Å². The van der Waals surface area contributed by atoms with Crippen LogP contribution in [-0.2, 0) is 0 Å². The van der Waals surface area contributed by atoms with Crippen molar-refractivity contribution in [2.45, 2.75) is 20.3 Å². The van der Waals surface area contributed by atoms with E-state index in [1.807, 2.05) is 0 Å². The third-order valence-electron chi connectivity index (χ3n) is 3.63. The summed E-state index contributed by atoms with van der Waals surface area (Å²) >= 11 is 0. The van der Waals surface area contributed by atoms with Crippen LogP contribution >= 0.6 is 0 Å². The minimum Gasteiger partial charge on any atom is -0.508 e. The van der Waals surface area contributed by atoms with E-state index in [4.69, 9.17) is 9.47 Å². The van der Waals surface area contributed by atoms with Gasteiger partial charge in [-0.25, -0.2) is 5.43 Å². The van der Waals surface area contributed by atoms with E-state index in [-0.39, 0.29) is 11.7 Å². The number of nitrogens with zero attached hydrogens (tertiary/aromatic N) is 1. The second-order valence-corrected chi connectivity index (χ2v) is 6.19. The van der Waals surface area contributed by atoms with Crippen molar-refractivity contribution in [1.82, 2.24) is 5.43 Å². The van der Waals surface area contributed by atoms with Crippen LogP contribution in [0.15, 0.2) is 47.6 Å². The highest BCUT2D eigenvalue weighted by molar-refractivity contribution is 5.95. The van der Waals surface area contributed by atoms with E-state index in [1.165, 1.54) is 13.3 Å². The average Bonchev–Trinajstić information content (AvgIpc) is 2.61. The van der Waals surface area contributed by atoms with Crippen LogP contribution in [0.1, 0.15) is 36.2 Å². The number of carbonyl (C=O) groups is 1. The number of benzene rings is 2. The van der Waals surface area contributed by atoms with Crippen molar-refractivity contribution in [3.8, 4) is 17.2 Å². The molecule has 2 rings (SSSR count). The first-order valence-corrected chi connectivity index (χ1v) is 8.43. The lowest BCUT2D eigenvalue weighted by Gasteiger charge is -2.12. The summed E-state index contributed by atoms with van der Waals surface area (Å²) in [5.41, 5.74) is 3.53. The Morgan fingerprint density at radius 3 is 2.73 bits per heavy atom. The molecule has 1 amide bonds. The topological polar surface area (TPSA) is 80.2 Å². The van der Waals surface area contributed by atoms with Crippen molar-refractivity contribution in [1.29, 1.82) is 0 Å². The van der Waals surface area contributed by atoms with Gasteiger partial charge in [0.15, 0.2) is 11.5 Å². The first kappa shape index (κ1) is 19.3. The third kappa shape index (κ3) is 5.81. The minimum absolute atomic E-state index is 0.137. The fourth-order valence-corrected chi connectivity index (χ4v) is 2.17. The predicted molar refractivity (Wildman–Crippen MR) is 101 cm³/mol. The molecule has 6 nitrogen and oxygen atoms in total. The van der Waals surface area contributed by atoms with Gasteiger partial charge in [0.1, 0.15) is 5.75 Å². The van der Waals surface area contributed by atoms with E-state index in [0.29, 0.717) is 35.2 Å². The smallest absolute Gasteiger partial charge is 0.271 e. The second-order valence-electron chi connectivity index (χ2n) is 6.19. The molecule has 0 aliphatic heterocycles. The Hall–Kier alpha value is -3.02. The lowest BCUT2D eigenvalue weighted by Crippen LogP contribution is -2.17. The molecular weight excluding hydrogens is 332 g/mol. The lowest BCUT2D eigenvalue weighted by atomic mass is 10.1. The third-order valence-corrected chi connectivity index (χ3v) is 3.63. The van der Waals surface area contributed by atoms with Crippen molar-refractivity contribution in [3.63, 3.8) is 0 Å². The van der Waals surface area contributed by atoms with Gasteiger partial charge in [0.05, 0.1) is 19.9 Å². The Balaban J connectivity index is 1.99. The minimum atomic E-state index is -0.367. The number of phenolic OH excluding ortho intramolecular Hbond substituents is 1. The van der Waals surface area contributed by atoms with Gasteiger partial charge >= 0.3 is 0 Å². The summed E-state index contributed by atoms with van der Waals surface area (Å²) in [5, 5.41) is 13.3. The maximum absolute atomic E-state index is 12.2. The van der Waals surface area contributed by atoms with E-state index in [2.05, 4.69) is 24.4 Å². The molecule has 0 unspecified atom stereocenters. The quantitative estimate of drug-likeness (QED) is 0.559. The number of methoxy groups -OCH3 is 1. The van der Waals surface area contributed by atoms with Gasteiger partial charge in [-0.3, -0.25) is 4.79 Å². The summed E-state index contributed by atoms with van der Waals surface area (Å²) in [5.74, 6) is 1.42. The molecule has 0 spiro atoms. The fraction of sp³-hybridized carbons (Fsp3) is 0.300. The van der Waals surface area contributed by atoms with E-state index >= 15 is 0 Å². The van der Waals surface area contributed by atoms with E-state index in [1.54, 1.807) is 42.5 Å². The molecule has 0 saturated carbocycles. The molecule has 6 heteroatoms. The van der Waals surface area contributed by atoms with Crippen molar-refractivity contribution in [2.75, 3.05) is 13.7 Å². The second kappa shape index (κ2) is 9.46. The summed E-state index contributed by atoms with van der Waals surface area (Å²) in [7, 11) is 1.53. The highest BCUT2D eigenvalue weighted by atomic mass is 16.5. The summed E-state index contributed by atoms with van der Waals surface area (Å²) in [6.45, 7) is 4.85. The van der Waals surface area contributed by atoms with Crippen LogP contribution in [0.3, 0.4) is 0 Å². The Morgan fingerprint density at radius 2 is 2.04 bits per heavy atom. The Kier molecular flexibility index (Phi) is 7.02. The molecule has 0 bridgehead atoms. The molecule has 0 fully saturated rings. The van der Waals surface area contributed by atoms with E-state index < -0.39 is 0 Å². The molecule has 2 aromatic rings. The van der Waals surface area contributed by atoms with E-state index in [0.717, 1.165) is 6.42 Å². The Morgan fingerprint density at radius 1 is 1.23 bits per heavy atom. The SMILES string of the molecule is COc1cc(C(=O)N/N=C/c2cccc(O)c2)ccc1OCCC(C)C. The number of hydrogen-bond acceptors (Lipinski definition) is 5. The number of ether oxygens (including phenoxy) is 2. The molecule has 0 atom stereocenters. The molecule has 138 valence electrons. The van der Waals surface area contributed by atoms with Crippen LogP contribution in [0, 0.1) is 5.92 Å². The molecular formula is C20H24N2O4. The number of hydrazone groups is 1. The fourth-order valence-electron chi connectivity index (χ4n) is 2.17. The first-order chi connectivity index (χ1) is 12.5. The number of nitrogens with one attached hydrogen (secondary N) is 1. The molecule has 0 radical (unpaired) electrons. The number of aromatic hydroxyl groups is 1. The molecule has 2 aromatic carbocycles. The van der Waals surface area contributed by atoms with Crippen LogP contribution in [0.2, 0.25) is 0 Å². The molecule has 2 N–H and O–H groups in total. The van der Waals surface area contributed by atoms with Gasteiger partial charge in [-0.05, 0) is 48.2 Å². The zero-order valence-electron chi connectivity index (χ0n) is 15.2. The Bertz CT molecular complexity index is 772. The molecule has 0 aromatic heterocycles. The van der Waals surface area contributed by atoms with Crippen LogP contribution in [-0.4, -0.2) is 30.9 Å². The normalized spacial score (nSPS) is 10.9. The van der Waals surface area contributed by atoms with Crippen LogP contribution in [0.4, 0.5) is 0 Å². The van der Waals surface area contributed by atoms with Gasteiger partial charge in [0.25, 0.3) is 5.91 Å². The average molecular weight is 356 g/mol. The summed E-state index contributed by atoms with van der Waals surface area (Å²) in [4.78, 5) is 12.2. The molecule has 0 heterocycles.